The van der Waals surface area contributed by atoms with Gasteiger partial charge in [0.25, 0.3) is 19.1 Å². The SMILES string of the molecule is CO[C@H]1C[C@@H]2CC[C@@H](C)[C@@](O)(O2)C(=O)C(=O)N2CCCC[C@H]2C(=O)OC([C@H](C)CC2CC[C@@H](OP(=O)(c3ccccc3)c3ccccc3)[C@H](OC)C2)CC(=O)C(C)=CC(C)[C@@H](O)[C@@H](OC)C(=O)[C@H](C)C[C@H](C)C=CC=CC=C1C. The molecule has 3 unspecified atom stereocenters. The Kier molecular flexibility index (Phi) is 23.6. The molecule has 434 valence electrons. The molecule has 15 atom stereocenters. The van der Waals surface area contributed by atoms with Crippen molar-refractivity contribution in [2.45, 2.75) is 180 Å². The van der Waals surface area contributed by atoms with Crippen LogP contribution in [0.4, 0.5) is 0 Å². The number of aliphatic hydroxyl groups is 2. The highest BCUT2D eigenvalue weighted by Crippen LogP contribution is 2.49. The molecular formula is C63H88NO14P. The summed E-state index contributed by atoms with van der Waals surface area (Å²) in [4.78, 5) is 73.1. The first-order chi connectivity index (χ1) is 37.6. The predicted molar refractivity (Wildman–Crippen MR) is 304 cm³/mol. The summed E-state index contributed by atoms with van der Waals surface area (Å²) < 4.78 is 51.9. The zero-order valence-electron chi connectivity index (χ0n) is 48.2. The van der Waals surface area contributed by atoms with Crippen LogP contribution in [0.2, 0.25) is 0 Å². The first-order valence-electron chi connectivity index (χ1n) is 28.5. The molecule has 1 amide bonds. The number of nitrogens with zero attached hydrogens (tertiary/aromatic N) is 1. The van der Waals surface area contributed by atoms with Crippen molar-refractivity contribution < 1.29 is 67.0 Å². The lowest BCUT2D eigenvalue weighted by atomic mass is 9.78. The van der Waals surface area contributed by atoms with Crippen molar-refractivity contribution in [2.75, 3.05) is 27.9 Å². The lowest BCUT2D eigenvalue weighted by Crippen LogP contribution is -2.61. The van der Waals surface area contributed by atoms with E-state index in [1.54, 1.807) is 41.1 Å². The van der Waals surface area contributed by atoms with E-state index in [0.717, 1.165) is 5.57 Å². The Labute approximate surface area is 469 Å². The van der Waals surface area contributed by atoms with Gasteiger partial charge in [-0.3, -0.25) is 23.7 Å². The van der Waals surface area contributed by atoms with Crippen molar-refractivity contribution in [3.63, 3.8) is 0 Å². The van der Waals surface area contributed by atoms with Crippen molar-refractivity contribution >= 4 is 47.2 Å². The van der Waals surface area contributed by atoms with Crippen LogP contribution in [0.15, 0.2) is 108 Å². The number of carbonyl (C=O) groups excluding carboxylic acids is 5. The molecule has 2 saturated heterocycles. The van der Waals surface area contributed by atoms with Gasteiger partial charge in [0.2, 0.25) is 5.79 Å². The maximum atomic E-state index is 15.0. The molecule has 6 rings (SSSR count). The number of ether oxygens (including phenoxy) is 5. The van der Waals surface area contributed by atoms with Gasteiger partial charge in [-0.2, -0.15) is 0 Å². The van der Waals surface area contributed by atoms with Gasteiger partial charge in [-0.1, -0.05) is 107 Å². The number of allylic oxidation sites excluding steroid dienone is 6. The van der Waals surface area contributed by atoms with Gasteiger partial charge in [-0.05, 0) is 131 Å². The molecular weight excluding hydrogens is 1030 g/mol. The third-order valence-corrected chi connectivity index (χ3v) is 19.5. The number of cyclic esters (lactones) is 1. The molecule has 79 heavy (non-hydrogen) atoms. The topological polar surface area (TPSA) is 201 Å². The molecule has 2 aromatic rings. The van der Waals surface area contributed by atoms with Crippen LogP contribution in [0.5, 0.6) is 0 Å². The number of rotatable bonds is 10. The second-order valence-electron chi connectivity index (χ2n) is 22.9. The van der Waals surface area contributed by atoms with Crippen LogP contribution < -0.4 is 10.6 Å². The van der Waals surface area contributed by atoms with Crippen molar-refractivity contribution in [1.82, 2.24) is 4.90 Å². The third-order valence-electron chi connectivity index (χ3n) is 16.9. The van der Waals surface area contributed by atoms with Gasteiger partial charge in [-0.15, -0.1) is 0 Å². The Bertz CT molecular complexity index is 2500. The third kappa shape index (κ3) is 16.1. The van der Waals surface area contributed by atoms with Gasteiger partial charge in [0.05, 0.1) is 30.5 Å². The molecule has 16 heteroatoms. The van der Waals surface area contributed by atoms with E-state index >= 15 is 0 Å². The first-order valence-corrected chi connectivity index (χ1v) is 30.2. The normalized spacial score (nSPS) is 33.3. The van der Waals surface area contributed by atoms with E-state index in [2.05, 4.69) is 0 Å². The monoisotopic (exact) mass is 1110 g/mol. The fraction of sp³-hybridized carbons (Fsp3) is 0.603. The quantitative estimate of drug-likeness (QED) is 0.130. The zero-order valence-corrected chi connectivity index (χ0v) is 49.1. The van der Waals surface area contributed by atoms with Crippen LogP contribution >= 0.6 is 7.37 Å². The lowest BCUT2D eigenvalue weighted by molar-refractivity contribution is -0.265. The average molecular weight is 1110 g/mol. The molecule has 0 aromatic heterocycles. The maximum absolute atomic E-state index is 15.0. The molecule has 1 saturated carbocycles. The average Bonchev–Trinajstić information content (AvgIpc) is 3.46. The summed E-state index contributed by atoms with van der Waals surface area (Å²) in [5, 5.41) is 24.9. The minimum Gasteiger partial charge on any atom is -0.460 e. The molecule has 2 aromatic carbocycles. The standard InChI is InChI=1S/C63H88NO14P/c1-40-22-14-11-15-23-41(2)54(73-8)38-48-31-29-46(7)63(71,77-48)60(68)61(69)64-33-21-20-28-51(64)62(70)76-55(39-52(65)42(3)35-45(6)58(67)59(75-10)57(66)44(5)34-40)43(4)36-47-30-32-53(56(37-47)74-9)78-79(72,49-24-16-12-17-25-49)50-26-18-13-19-27-50/h11-19,22-27,35,40,43-48,51,53-56,58-59,67,71H,20-21,28-34,36-39H2,1-10H3/t40-,43-,44-,45?,46-,47?,48+,51+,53-,54+,55?,56-,58-,59+,63-/m1/s1. The summed E-state index contributed by atoms with van der Waals surface area (Å²) >= 11 is 0. The summed E-state index contributed by atoms with van der Waals surface area (Å²) in [7, 11) is 1.02. The second-order valence-corrected chi connectivity index (χ2v) is 25.2. The van der Waals surface area contributed by atoms with Gasteiger partial charge in [-0.25, -0.2) is 4.79 Å². The summed E-state index contributed by atoms with van der Waals surface area (Å²) in [6, 6.07) is 17.2. The van der Waals surface area contributed by atoms with Gasteiger partial charge < -0.3 is 43.3 Å². The van der Waals surface area contributed by atoms with Gasteiger partial charge in [0.15, 0.2) is 11.6 Å². The number of piperidine rings is 1. The van der Waals surface area contributed by atoms with Gasteiger partial charge >= 0.3 is 5.97 Å². The fourth-order valence-corrected chi connectivity index (χ4v) is 14.2. The van der Waals surface area contributed by atoms with Crippen molar-refractivity contribution in [2.24, 2.45) is 35.5 Å². The van der Waals surface area contributed by atoms with Crippen molar-refractivity contribution in [3.8, 4) is 0 Å². The van der Waals surface area contributed by atoms with Crippen LogP contribution in [0.3, 0.4) is 0 Å². The fourth-order valence-electron chi connectivity index (χ4n) is 11.9. The van der Waals surface area contributed by atoms with E-state index in [1.165, 1.54) is 12.0 Å². The number of Topliss-reactive ketones (excluding diaryl/α,β-unsaturated/α-hetero) is 3. The number of benzene rings is 2. The van der Waals surface area contributed by atoms with Crippen molar-refractivity contribution in [1.29, 1.82) is 0 Å². The lowest BCUT2D eigenvalue weighted by Gasteiger charge is -2.42. The highest BCUT2D eigenvalue weighted by molar-refractivity contribution is 7.74. The summed E-state index contributed by atoms with van der Waals surface area (Å²) in [5.74, 6) is -8.33. The molecule has 3 aliphatic heterocycles. The van der Waals surface area contributed by atoms with Crippen LogP contribution in [-0.2, 0) is 56.7 Å². The predicted octanol–water partition coefficient (Wildman–Crippen LogP) is 9.13. The molecule has 15 nitrogen and oxygen atoms in total. The van der Waals surface area contributed by atoms with E-state index in [9.17, 15) is 38.8 Å². The Balaban J connectivity index is 1.29. The number of fused-ring (bicyclic) bond motifs is 3. The van der Waals surface area contributed by atoms with Crippen LogP contribution in [0.1, 0.15) is 126 Å². The number of methoxy groups -OCH3 is 3. The van der Waals surface area contributed by atoms with E-state index in [0.29, 0.717) is 80.4 Å². The van der Waals surface area contributed by atoms with E-state index in [-0.39, 0.29) is 42.8 Å². The summed E-state index contributed by atoms with van der Waals surface area (Å²) in [5.41, 5.74) is 1.16. The number of carbonyl (C=O) groups is 5. The second kappa shape index (κ2) is 29.3. The minimum absolute atomic E-state index is 0.00302. The first kappa shape index (κ1) is 63.5. The highest BCUT2D eigenvalue weighted by Gasteiger charge is 2.53. The van der Waals surface area contributed by atoms with Crippen LogP contribution in [0.25, 0.3) is 0 Å². The number of ketones is 3. The van der Waals surface area contributed by atoms with Gasteiger partial charge in [0, 0.05) is 69.1 Å². The van der Waals surface area contributed by atoms with Crippen LogP contribution in [0, 0.1) is 35.5 Å². The summed E-state index contributed by atoms with van der Waals surface area (Å²) in [6.45, 7) is 12.7. The Morgan fingerprint density at radius 2 is 1.46 bits per heavy atom. The molecule has 2 bridgehead atoms. The molecule has 0 spiro atoms. The van der Waals surface area contributed by atoms with E-state index < -0.39 is 103 Å². The molecule has 3 heterocycles. The number of esters is 1. The van der Waals surface area contributed by atoms with E-state index in [4.69, 9.17) is 28.2 Å². The van der Waals surface area contributed by atoms with Crippen molar-refractivity contribution in [3.05, 3.63) is 108 Å². The molecule has 3 fully saturated rings. The highest BCUT2D eigenvalue weighted by atomic mass is 31.2. The molecule has 1 aliphatic carbocycles. The Morgan fingerprint density at radius 3 is 2.09 bits per heavy atom. The van der Waals surface area contributed by atoms with Crippen LogP contribution in [-0.4, -0.2) is 127 Å². The largest absolute Gasteiger partial charge is 0.460 e. The molecule has 4 aliphatic rings. The summed E-state index contributed by atoms with van der Waals surface area (Å²) in [6.07, 6.45) is 10.7. The number of amides is 1. The minimum atomic E-state index is -3.55. The molecule has 2 N–H and O–H groups in total. The number of hydrogen-bond acceptors (Lipinski definition) is 14. The number of aliphatic hydroxyl groups excluding tert-OH is 1. The maximum Gasteiger partial charge on any atom is 0.329 e. The Morgan fingerprint density at radius 1 is 0.785 bits per heavy atom. The van der Waals surface area contributed by atoms with E-state index in [1.807, 2.05) is 119 Å². The smallest absolute Gasteiger partial charge is 0.329 e. The Hall–Kier alpha value is -4.70. The number of hydrogen-bond donors (Lipinski definition) is 2. The molecule has 0 radical (unpaired) electrons. The zero-order chi connectivity index (χ0) is 57.6. The van der Waals surface area contributed by atoms with Gasteiger partial charge in [0.1, 0.15) is 18.2 Å².